The summed E-state index contributed by atoms with van der Waals surface area (Å²) in [6, 6.07) is 0. The first-order chi connectivity index (χ1) is 9.38. The highest BCUT2D eigenvalue weighted by atomic mass is 16.8. The minimum Gasteiger partial charge on any atom is -0.393 e. The second-order valence-corrected chi connectivity index (χ2v) is 4.63. The van der Waals surface area contributed by atoms with Crippen molar-refractivity contribution >= 4 is 0 Å². The van der Waals surface area contributed by atoms with E-state index < -0.39 is 62.8 Å². The number of aliphatic hydroxyl groups excluding tert-OH is 5. The predicted octanol–water partition coefficient (Wildman–Crippen LogP) is -4.18. The van der Waals surface area contributed by atoms with E-state index in [0.717, 1.165) is 0 Å². The third kappa shape index (κ3) is 2.44. The van der Waals surface area contributed by atoms with Crippen LogP contribution >= 0.6 is 0 Å². The van der Waals surface area contributed by atoms with Crippen LogP contribution in [0.3, 0.4) is 0 Å². The van der Waals surface area contributed by atoms with Gasteiger partial charge in [-0.3, -0.25) is 0 Å². The molecule has 0 saturated carbocycles. The van der Waals surface area contributed by atoms with Crippen LogP contribution in [0.15, 0.2) is 0 Å². The summed E-state index contributed by atoms with van der Waals surface area (Å²) in [6.45, 7) is -2.69. The van der Waals surface area contributed by atoms with Gasteiger partial charge < -0.3 is 49.6 Å². The minimum absolute atomic E-state index is 0.437. The Labute approximate surface area is 113 Å². The van der Waals surface area contributed by atoms with E-state index in [-0.39, 0.29) is 0 Å². The minimum atomic E-state index is -2.36. The lowest BCUT2D eigenvalue weighted by Crippen LogP contribution is -2.74. The molecule has 2 saturated heterocycles. The zero-order valence-corrected chi connectivity index (χ0v) is 10.5. The van der Waals surface area contributed by atoms with Crippen LogP contribution in [0.25, 0.3) is 0 Å². The highest BCUT2D eigenvalue weighted by Crippen LogP contribution is 2.39. The fourth-order valence-electron chi connectivity index (χ4n) is 2.10. The monoisotopic (exact) mass is 298 g/mol. The summed E-state index contributed by atoms with van der Waals surface area (Å²) in [7, 11) is 0. The zero-order valence-electron chi connectivity index (χ0n) is 10.5. The molecule has 0 aromatic heterocycles. The first-order valence-electron chi connectivity index (χ1n) is 5.95. The standard InChI is InChI=1S/C10H18O10/c11-1-5-7(14)20-9(3-12,8(15)19-5)10(16)4-17-6(13)2-18-10/h5-8,11-16H,1-4H2. The van der Waals surface area contributed by atoms with Gasteiger partial charge in [-0.2, -0.15) is 0 Å². The SMILES string of the molecule is OCC1OC(O)C(CO)(C2(O)COC(O)CO2)OC1O. The maximum absolute atomic E-state index is 10.4. The normalized spacial score (nSPS) is 50.1. The van der Waals surface area contributed by atoms with Gasteiger partial charge in [0.1, 0.15) is 19.3 Å². The molecular formula is C10H18O10. The van der Waals surface area contributed by atoms with Crippen LogP contribution in [0.1, 0.15) is 0 Å². The summed E-state index contributed by atoms with van der Waals surface area (Å²) in [5, 5.41) is 57.5. The van der Waals surface area contributed by atoms with Crippen LogP contribution in [0.4, 0.5) is 0 Å². The van der Waals surface area contributed by atoms with E-state index in [1.165, 1.54) is 0 Å². The second-order valence-electron chi connectivity index (χ2n) is 4.63. The molecule has 0 spiro atoms. The molecule has 10 nitrogen and oxygen atoms in total. The smallest absolute Gasteiger partial charge is 0.227 e. The number of hydrogen-bond acceptors (Lipinski definition) is 10. The van der Waals surface area contributed by atoms with E-state index >= 15 is 0 Å². The van der Waals surface area contributed by atoms with E-state index in [9.17, 15) is 20.4 Å². The van der Waals surface area contributed by atoms with Crippen LogP contribution in [-0.2, 0) is 18.9 Å². The quantitative estimate of drug-likeness (QED) is 0.302. The van der Waals surface area contributed by atoms with Gasteiger partial charge in [0, 0.05) is 0 Å². The molecular weight excluding hydrogens is 280 g/mol. The summed E-state index contributed by atoms with van der Waals surface area (Å²) in [5.74, 6) is -2.36. The van der Waals surface area contributed by atoms with Crippen molar-refractivity contribution < 1.29 is 49.6 Å². The molecule has 0 amide bonds. The van der Waals surface area contributed by atoms with Crippen LogP contribution < -0.4 is 0 Å². The molecule has 20 heavy (non-hydrogen) atoms. The van der Waals surface area contributed by atoms with E-state index in [2.05, 4.69) is 0 Å². The lowest BCUT2D eigenvalue weighted by molar-refractivity contribution is -0.467. The summed E-state index contributed by atoms with van der Waals surface area (Å²) < 4.78 is 19.7. The Morgan fingerprint density at radius 3 is 2.35 bits per heavy atom. The lowest BCUT2D eigenvalue weighted by Gasteiger charge is -2.52. The third-order valence-electron chi connectivity index (χ3n) is 3.36. The summed E-state index contributed by atoms with van der Waals surface area (Å²) in [4.78, 5) is 0. The van der Waals surface area contributed by atoms with Gasteiger partial charge in [0.05, 0.1) is 13.2 Å². The Hall–Kier alpha value is -0.400. The maximum Gasteiger partial charge on any atom is 0.227 e. The average molecular weight is 298 g/mol. The van der Waals surface area contributed by atoms with Crippen LogP contribution in [0.2, 0.25) is 0 Å². The molecule has 6 atom stereocenters. The van der Waals surface area contributed by atoms with Crippen molar-refractivity contribution in [2.45, 2.75) is 36.4 Å². The molecule has 0 bridgehead atoms. The number of hydrogen-bond donors (Lipinski definition) is 6. The van der Waals surface area contributed by atoms with Gasteiger partial charge in [-0.1, -0.05) is 0 Å². The predicted molar refractivity (Wildman–Crippen MR) is 57.7 cm³/mol. The molecule has 2 aliphatic heterocycles. The molecule has 6 unspecified atom stereocenters. The van der Waals surface area contributed by atoms with E-state index in [4.69, 9.17) is 29.2 Å². The lowest BCUT2D eigenvalue weighted by atomic mass is 9.90. The van der Waals surface area contributed by atoms with E-state index in [0.29, 0.717) is 0 Å². The maximum atomic E-state index is 10.4. The molecule has 6 N–H and O–H groups in total. The fourth-order valence-corrected chi connectivity index (χ4v) is 2.10. The van der Waals surface area contributed by atoms with Crippen LogP contribution in [0, 0.1) is 0 Å². The Kier molecular flexibility index (Phi) is 4.61. The zero-order chi connectivity index (χ0) is 15.0. The Balaban J connectivity index is 2.24. The van der Waals surface area contributed by atoms with E-state index in [1.807, 2.05) is 0 Å². The van der Waals surface area contributed by atoms with Gasteiger partial charge in [-0.05, 0) is 0 Å². The fraction of sp³-hybridized carbons (Fsp3) is 1.00. The van der Waals surface area contributed by atoms with Crippen LogP contribution in [-0.4, -0.2) is 93.4 Å². The molecule has 2 heterocycles. The molecule has 2 fully saturated rings. The Morgan fingerprint density at radius 1 is 1.15 bits per heavy atom. The second kappa shape index (κ2) is 5.77. The number of ether oxygens (including phenoxy) is 4. The van der Waals surface area contributed by atoms with Gasteiger partial charge >= 0.3 is 0 Å². The van der Waals surface area contributed by atoms with Crippen molar-refractivity contribution in [3.8, 4) is 0 Å². The Morgan fingerprint density at radius 2 is 1.85 bits per heavy atom. The van der Waals surface area contributed by atoms with Crippen molar-refractivity contribution in [3.63, 3.8) is 0 Å². The largest absolute Gasteiger partial charge is 0.393 e. The van der Waals surface area contributed by atoms with Gasteiger partial charge in [-0.25, -0.2) is 0 Å². The van der Waals surface area contributed by atoms with Crippen molar-refractivity contribution in [2.75, 3.05) is 26.4 Å². The van der Waals surface area contributed by atoms with Gasteiger partial charge in [0.15, 0.2) is 18.9 Å². The molecule has 2 rings (SSSR count). The van der Waals surface area contributed by atoms with Gasteiger partial charge in [0.2, 0.25) is 11.4 Å². The van der Waals surface area contributed by atoms with Crippen molar-refractivity contribution in [1.82, 2.24) is 0 Å². The molecule has 0 aromatic rings. The number of aliphatic hydroxyl groups is 6. The Bertz CT molecular complexity index is 330. The molecule has 0 aliphatic carbocycles. The van der Waals surface area contributed by atoms with E-state index in [1.54, 1.807) is 0 Å². The first-order valence-corrected chi connectivity index (χ1v) is 5.95. The van der Waals surface area contributed by atoms with Crippen LogP contribution in [0.5, 0.6) is 0 Å². The third-order valence-corrected chi connectivity index (χ3v) is 3.36. The topological polar surface area (TPSA) is 158 Å². The first kappa shape index (κ1) is 16.0. The molecule has 0 aromatic carbocycles. The van der Waals surface area contributed by atoms with Gasteiger partial charge in [0.25, 0.3) is 0 Å². The molecule has 2 aliphatic rings. The number of rotatable bonds is 3. The van der Waals surface area contributed by atoms with Gasteiger partial charge in [-0.15, -0.1) is 0 Å². The summed E-state index contributed by atoms with van der Waals surface area (Å²) in [5.41, 5.74) is -2.25. The van der Waals surface area contributed by atoms with Crippen molar-refractivity contribution in [3.05, 3.63) is 0 Å². The molecule has 0 radical (unpaired) electrons. The summed E-state index contributed by atoms with van der Waals surface area (Å²) >= 11 is 0. The van der Waals surface area contributed by atoms with Crippen molar-refractivity contribution in [1.29, 1.82) is 0 Å². The average Bonchev–Trinajstić information content (AvgIpc) is 2.44. The summed E-state index contributed by atoms with van der Waals surface area (Å²) in [6.07, 6.45) is -6.14. The molecule has 10 heteroatoms. The highest BCUT2D eigenvalue weighted by molar-refractivity contribution is 5.01. The highest BCUT2D eigenvalue weighted by Gasteiger charge is 2.64. The molecule has 118 valence electrons. The van der Waals surface area contributed by atoms with Crippen molar-refractivity contribution in [2.24, 2.45) is 0 Å².